The molecule has 0 amide bonds. The topological polar surface area (TPSA) is 91.9 Å². The summed E-state index contributed by atoms with van der Waals surface area (Å²) in [6.45, 7) is 4.14. The molecule has 1 aliphatic rings. The normalized spacial score (nSPS) is 14.6. The molecule has 1 aliphatic heterocycles. The third-order valence-corrected chi connectivity index (χ3v) is 5.25. The summed E-state index contributed by atoms with van der Waals surface area (Å²) < 4.78 is 0. The van der Waals surface area contributed by atoms with Crippen molar-refractivity contribution in [2.45, 2.75) is 19.5 Å². The number of anilines is 2. The van der Waals surface area contributed by atoms with Crippen LogP contribution >= 0.6 is 0 Å². The summed E-state index contributed by atoms with van der Waals surface area (Å²) >= 11 is 0. The number of fused-ring (bicyclic) bond motifs is 1. The fourth-order valence-electron chi connectivity index (χ4n) is 3.99. The molecule has 0 spiro atoms. The standard InChI is InChI=1S/C23H19N5O2/c1-23(2)24-18-9-5-8-16-17(11-12-19(25-23)21(16)18)26-27-22-15-7-4-3-6-14(15)10-13-20(22)28(29)30/h3-13,24-25H,1-2H3. The van der Waals surface area contributed by atoms with Gasteiger partial charge in [-0.3, -0.25) is 10.1 Å². The van der Waals surface area contributed by atoms with Crippen LogP contribution in [0.3, 0.4) is 0 Å². The van der Waals surface area contributed by atoms with Crippen molar-refractivity contribution in [3.63, 3.8) is 0 Å². The molecule has 30 heavy (non-hydrogen) atoms. The van der Waals surface area contributed by atoms with Gasteiger partial charge in [0.15, 0.2) is 5.69 Å². The Morgan fingerprint density at radius 3 is 2.37 bits per heavy atom. The van der Waals surface area contributed by atoms with Crippen LogP contribution in [0.15, 0.2) is 77.0 Å². The van der Waals surface area contributed by atoms with Crippen molar-refractivity contribution in [2.75, 3.05) is 10.6 Å². The molecule has 7 nitrogen and oxygen atoms in total. The molecular formula is C23H19N5O2. The van der Waals surface area contributed by atoms with Gasteiger partial charge in [0.05, 0.1) is 10.6 Å². The predicted molar refractivity (Wildman–Crippen MR) is 120 cm³/mol. The lowest BCUT2D eigenvalue weighted by atomic mass is 10.00. The first-order chi connectivity index (χ1) is 14.4. The van der Waals surface area contributed by atoms with Crippen LogP contribution in [-0.4, -0.2) is 10.6 Å². The van der Waals surface area contributed by atoms with E-state index in [0.717, 1.165) is 27.5 Å². The van der Waals surface area contributed by atoms with Gasteiger partial charge in [-0.2, -0.15) is 0 Å². The van der Waals surface area contributed by atoms with Gasteiger partial charge in [0.2, 0.25) is 0 Å². The molecule has 148 valence electrons. The van der Waals surface area contributed by atoms with E-state index in [4.69, 9.17) is 0 Å². The highest BCUT2D eigenvalue weighted by atomic mass is 16.6. The second-order valence-electron chi connectivity index (χ2n) is 7.85. The van der Waals surface area contributed by atoms with Gasteiger partial charge in [0.1, 0.15) is 5.66 Å². The summed E-state index contributed by atoms with van der Waals surface area (Å²) in [6, 6.07) is 20.5. The fraction of sp³-hybridized carbons (Fsp3) is 0.130. The van der Waals surface area contributed by atoms with E-state index in [1.54, 1.807) is 6.07 Å². The minimum Gasteiger partial charge on any atom is -0.363 e. The molecule has 0 unspecified atom stereocenters. The van der Waals surface area contributed by atoms with Crippen LogP contribution in [0, 0.1) is 10.1 Å². The van der Waals surface area contributed by atoms with Gasteiger partial charge in [0.25, 0.3) is 5.69 Å². The Hall–Kier alpha value is -4.00. The number of benzene rings is 4. The van der Waals surface area contributed by atoms with Gasteiger partial charge >= 0.3 is 0 Å². The zero-order valence-corrected chi connectivity index (χ0v) is 16.5. The smallest absolute Gasteiger partial charge is 0.297 e. The fourth-order valence-corrected chi connectivity index (χ4v) is 3.99. The lowest BCUT2D eigenvalue weighted by Gasteiger charge is -2.36. The summed E-state index contributed by atoms with van der Waals surface area (Å²) in [7, 11) is 0. The minimum absolute atomic E-state index is 0.0646. The maximum atomic E-state index is 11.6. The van der Waals surface area contributed by atoms with Crippen LogP contribution in [0.1, 0.15) is 13.8 Å². The van der Waals surface area contributed by atoms with E-state index >= 15 is 0 Å². The number of rotatable bonds is 3. The number of nitrogens with zero attached hydrogens (tertiary/aromatic N) is 3. The highest BCUT2D eigenvalue weighted by molar-refractivity contribution is 6.09. The SMILES string of the molecule is CC1(C)Nc2cccc3c(N=Nc4c([N+](=O)[O-])ccc5ccccc45)ccc(c23)N1. The zero-order chi connectivity index (χ0) is 20.9. The summed E-state index contributed by atoms with van der Waals surface area (Å²) in [5, 5.41) is 30.8. The molecule has 0 aliphatic carbocycles. The first kappa shape index (κ1) is 18.1. The van der Waals surface area contributed by atoms with E-state index in [-0.39, 0.29) is 17.0 Å². The van der Waals surface area contributed by atoms with Gasteiger partial charge in [-0.1, -0.05) is 36.4 Å². The van der Waals surface area contributed by atoms with Crippen molar-refractivity contribution >= 4 is 50.0 Å². The third kappa shape index (κ3) is 2.91. The van der Waals surface area contributed by atoms with Gasteiger partial charge < -0.3 is 10.6 Å². The molecule has 0 fully saturated rings. The van der Waals surface area contributed by atoms with Crippen LogP contribution in [0.2, 0.25) is 0 Å². The second kappa shape index (κ2) is 6.52. The van der Waals surface area contributed by atoms with E-state index in [1.165, 1.54) is 6.07 Å². The number of hydrogen-bond acceptors (Lipinski definition) is 6. The first-order valence-electron chi connectivity index (χ1n) is 9.63. The minimum atomic E-state index is -0.422. The molecule has 0 atom stereocenters. The molecule has 7 heteroatoms. The predicted octanol–water partition coefficient (Wildman–Crippen LogP) is 6.89. The maximum Gasteiger partial charge on any atom is 0.297 e. The van der Waals surface area contributed by atoms with Gasteiger partial charge in [-0.05, 0) is 43.5 Å². The Morgan fingerprint density at radius 1 is 0.833 bits per heavy atom. The van der Waals surface area contributed by atoms with E-state index in [0.29, 0.717) is 11.1 Å². The maximum absolute atomic E-state index is 11.6. The van der Waals surface area contributed by atoms with Crippen molar-refractivity contribution in [2.24, 2.45) is 10.2 Å². The monoisotopic (exact) mass is 397 g/mol. The molecule has 0 bridgehead atoms. The Balaban J connectivity index is 1.68. The molecular weight excluding hydrogens is 378 g/mol. The molecule has 4 aromatic rings. The molecule has 4 aromatic carbocycles. The number of nitro groups is 1. The summed E-state index contributed by atoms with van der Waals surface area (Å²) in [6.07, 6.45) is 0. The number of hydrogen-bond donors (Lipinski definition) is 2. The average molecular weight is 397 g/mol. The van der Waals surface area contributed by atoms with Crippen LogP contribution in [0.25, 0.3) is 21.5 Å². The van der Waals surface area contributed by atoms with E-state index in [1.807, 2.05) is 54.6 Å². The zero-order valence-electron chi connectivity index (χ0n) is 16.5. The first-order valence-corrected chi connectivity index (χ1v) is 9.63. The molecule has 0 saturated heterocycles. The molecule has 1 heterocycles. The molecule has 5 rings (SSSR count). The number of azo groups is 1. The quantitative estimate of drug-likeness (QED) is 0.224. The molecule has 2 N–H and O–H groups in total. The van der Waals surface area contributed by atoms with Gasteiger partial charge in [-0.15, -0.1) is 10.2 Å². The van der Waals surface area contributed by atoms with Crippen LogP contribution in [0.5, 0.6) is 0 Å². The Kier molecular flexibility index (Phi) is 3.92. The Labute approximate surface area is 172 Å². The van der Waals surface area contributed by atoms with Crippen LogP contribution in [0.4, 0.5) is 28.4 Å². The lowest BCUT2D eigenvalue weighted by molar-refractivity contribution is -0.384. The highest BCUT2D eigenvalue weighted by Gasteiger charge is 2.25. The third-order valence-electron chi connectivity index (χ3n) is 5.25. The Morgan fingerprint density at radius 2 is 1.57 bits per heavy atom. The van der Waals surface area contributed by atoms with E-state index < -0.39 is 4.92 Å². The molecule has 0 aromatic heterocycles. The van der Waals surface area contributed by atoms with Crippen LogP contribution in [-0.2, 0) is 0 Å². The van der Waals surface area contributed by atoms with Crippen molar-refractivity contribution in [3.8, 4) is 0 Å². The molecule has 0 saturated carbocycles. The van der Waals surface area contributed by atoms with Crippen LogP contribution < -0.4 is 10.6 Å². The van der Waals surface area contributed by atoms with Gasteiger partial charge in [0, 0.05) is 33.6 Å². The summed E-state index contributed by atoms with van der Waals surface area (Å²) in [5.74, 6) is 0. The van der Waals surface area contributed by atoms with Crippen molar-refractivity contribution < 1.29 is 4.92 Å². The summed E-state index contributed by atoms with van der Waals surface area (Å²) in [4.78, 5) is 11.2. The average Bonchev–Trinajstić information content (AvgIpc) is 2.72. The van der Waals surface area contributed by atoms with Crippen molar-refractivity contribution in [1.82, 2.24) is 0 Å². The number of nitro benzene ring substituents is 1. The lowest BCUT2D eigenvalue weighted by Crippen LogP contribution is -2.41. The molecule has 0 radical (unpaired) electrons. The summed E-state index contributed by atoms with van der Waals surface area (Å²) in [5.41, 5.74) is 2.61. The van der Waals surface area contributed by atoms with E-state index in [9.17, 15) is 10.1 Å². The van der Waals surface area contributed by atoms with Crippen molar-refractivity contribution in [3.05, 3.63) is 76.8 Å². The van der Waals surface area contributed by atoms with Gasteiger partial charge in [-0.25, -0.2) is 0 Å². The van der Waals surface area contributed by atoms with Crippen molar-refractivity contribution in [1.29, 1.82) is 0 Å². The van der Waals surface area contributed by atoms with E-state index in [2.05, 4.69) is 34.7 Å². The second-order valence-corrected chi connectivity index (χ2v) is 7.85. The Bertz CT molecular complexity index is 1350. The number of nitrogens with one attached hydrogen (secondary N) is 2. The largest absolute Gasteiger partial charge is 0.363 e. The highest BCUT2D eigenvalue weighted by Crippen LogP contribution is 2.43.